The molecule has 5 amide bonds. The number of hydrogen-bond acceptors (Lipinski definition) is 8. The average Bonchev–Trinajstić information content (AvgIpc) is 3.43. The van der Waals surface area contributed by atoms with Crippen molar-refractivity contribution in [1.29, 1.82) is 0 Å². The van der Waals surface area contributed by atoms with Gasteiger partial charge >= 0.3 is 12.0 Å². The number of carbonyl (C=O) groups excluding carboxylic acids is 4. The molecule has 174 valence electrons. The van der Waals surface area contributed by atoms with Crippen molar-refractivity contribution in [2.45, 2.75) is 69.6 Å². The summed E-state index contributed by atoms with van der Waals surface area (Å²) in [7, 11) is 0. The van der Waals surface area contributed by atoms with E-state index in [1.54, 1.807) is 0 Å². The summed E-state index contributed by atoms with van der Waals surface area (Å²) in [5.74, 6) is -2.33. The monoisotopic (exact) mass is 450 g/mol. The van der Waals surface area contributed by atoms with Crippen molar-refractivity contribution >= 4 is 30.2 Å². The van der Waals surface area contributed by atoms with Gasteiger partial charge in [0.1, 0.15) is 12.1 Å². The number of hydrogen-bond donors (Lipinski definition) is 4. The molecule has 0 bridgehead atoms. The zero-order valence-corrected chi connectivity index (χ0v) is 17.4. The number of aliphatic carboxylic acids is 1. The fourth-order valence-electron chi connectivity index (χ4n) is 4.10. The number of rotatable bonds is 10. The Labute approximate surface area is 183 Å². The van der Waals surface area contributed by atoms with Crippen LogP contribution in [0.25, 0.3) is 0 Å². The van der Waals surface area contributed by atoms with Gasteiger partial charge in [-0.2, -0.15) is 5.21 Å². The molecule has 4 N–H and O–H groups in total. The van der Waals surface area contributed by atoms with Crippen LogP contribution in [0, 0.1) is 0 Å². The number of nitrogens with zero attached hydrogens (tertiary/aromatic N) is 5. The van der Waals surface area contributed by atoms with Crippen molar-refractivity contribution < 1.29 is 29.1 Å². The highest BCUT2D eigenvalue weighted by Gasteiger charge is 2.48. The summed E-state index contributed by atoms with van der Waals surface area (Å²) < 4.78 is 0. The number of aromatic amines is 1. The van der Waals surface area contributed by atoms with Gasteiger partial charge in [-0.15, -0.1) is 10.2 Å². The predicted octanol–water partition coefficient (Wildman–Crippen LogP) is -1.24. The Hall–Kier alpha value is -3.58. The molecule has 14 heteroatoms. The molecule has 1 saturated heterocycles. The molecule has 0 unspecified atom stereocenters. The highest BCUT2D eigenvalue weighted by Crippen LogP contribution is 2.28. The normalized spacial score (nSPS) is 20.1. The molecule has 1 saturated carbocycles. The summed E-state index contributed by atoms with van der Waals surface area (Å²) in [6, 6.07) is -3.08. The number of carbonyl (C=O) groups is 5. The van der Waals surface area contributed by atoms with Crippen LogP contribution in [0.4, 0.5) is 4.79 Å². The molecule has 14 nitrogen and oxygen atoms in total. The Kier molecular flexibility index (Phi) is 7.68. The van der Waals surface area contributed by atoms with Gasteiger partial charge < -0.3 is 20.6 Å². The largest absolute Gasteiger partial charge is 0.481 e. The zero-order valence-electron chi connectivity index (χ0n) is 17.4. The number of carboxylic acids is 1. The summed E-state index contributed by atoms with van der Waals surface area (Å²) in [6.07, 6.45) is 4.19. The van der Waals surface area contributed by atoms with E-state index in [4.69, 9.17) is 5.11 Å². The fraction of sp³-hybridized carbons (Fsp3) is 0.667. The standard InChI is InChI=1S/C18H26N8O6/c27-10-20-12(6-7-15(28)29)17(31)26-13(16(30)19-8-14-21-23-24-22-14)9-25(18(26)32)11-4-2-1-3-5-11/h10-13H,1-9H2,(H,19,30)(H,20,27)(H,28,29)(H,21,22,23,24)/t12-,13-/m0/s1. The quantitative estimate of drug-likeness (QED) is 0.316. The molecule has 1 aromatic heterocycles. The van der Waals surface area contributed by atoms with Crippen LogP contribution >= 0.6 is 0 Å². The molecule has 1 aliphatic carbocycles. The zero-order chi connectivity index (χ0) is 23.1. The molecular weight excluding hydrogens is 424 g/mol. The summed E-state index contributed by atoms with van der Waals surface area (Å²) in [4.78, 5) is 63.6. The first-order valence-electron chi connectivity index (χ1n) is 10.5. The number of aromatic nitrogens is 4. The van der Waals surface area contributed by atoms with Crippen molar-refractivity contribution in [3.8, 4) is 0 Å². The van der Waals surface area contributed by atoms with Gasteiger partial charge in [-0.3, -0.25) is 19.2 Å². The third-order valence-electron chi connectivity index (χ3n) is 5.71. The van der Waals surface area contributed by atoms with Crippen LogP contribution in [0.3, 0.4) is 0 Å². The van der Waals surface area contributed by atoms with Crippen LogP contribution < -0.4 is 10.6 Å². The van der Waals surface area contributed by atoms with Gasteiger partial charge in [0, 0.05) is 12.5 Å². The molecule has 0 radical (unpaired) electrons. The van der Waals surface area contributed by atoms with Crippen molar-refractivity contribution in [3.63, 3.8) is 0 Å². The molecule has 2 fully saturated rings. The first-order valence-corrected chi connectivity index (χ1v) is 10.5. The Balaban J connectivity index is 1.80. The number of tetrazole rings is 1. The van der Waals surface area contributed by atoms with E-state index >= 15 is 0 Å². The highest BCUT2D eigenvalue weighted by molar-refractivity contribution is 6.04. The van der Waals surface area contributed by atoms with Crippen molar-refractivity contribution in [1.82, 2.24) is 41.1 Å². The van der Waals surface area contributed by atoms with E-state index in [0.717, 1.165) is 37.0 Å². The summed E-state index contributed by atoms with van der Waals surface area (Å²) >= 11 is 0. The van der Waals surface area contributed by atoms with E-state index in [1.165, 1.54) is 4.90 Å². The van der Waals surface area contributed by atoms with E-state index in [1.807, 2.05) is 0 Å². The predicted molar refractivity (Wildman–Crippen MR) is 105 cm³/mol. The number of imide groups is 1. The Morgan fingerprint density at radius 2 is 2.00 bits per heavy atom. The third kappa shape index (κ3) is 5.36. The summed E-state index contributed by atoms with van der Waals surface area (Å²) in [5.41, 5.74) is 0. The Bertz CT molecular complexity index is 841. The second-order valence-electron chi connectivity index (χ2n) is 7.77. The van der Waals surface area contributed by atoms with E-state index in [0.29, 0.717) is 0 Å². The minimum Gasteiger partial charge on any atom is -0.481 e. The van der Waals surface area contributed by atoms with Gasteiger partial charge in [0.25, 0.3) is 5.91 Å². The third-order valence-corrected chi connectivity index (χ3v) is 5.71. The lowest BCUT2D eigenvalue weighted by Crippen LogP contribution is -2.54. The van der Waals surface area contributed by atoms with E-state index < -0.39 is 35.9 Å². The Morgan fingerprint density at radius 1 is 1.25 bits per heavy atom. The van der Waals surface area contributed by atoms with E-state index in [-0.39, 0.29) is 44.2 Å². The van der Waals surface area contributed by atoms with E-state index in [2.05, 4.69) is 31.3 Å². The van der Waals surface area contributed by atoms with Crippen molar-refractivity contribution in [2.24, 2.45) is 0 Å². The SMILES string of the molecule is O=CN[C@@H](CCC(=O)O)C(=O)N1C(=O)N(C2CCCCC2)C[C@H]1C(=O)NCc1nn[nH]n1. The highest BCUT2D eigenvalue weighted by atomic mass is 16.4. The van der Waals surface area contributed by atoms with Crippen LogP contribution in [0.2, 0.25) is 0 Å². The lowest BCUT2D eigenvalue weighted by atomic mass is 9.94. The fourth-order valence-corrected chi connectivity index (χ4v) is 4.10. The van der Waals surface area contributed by atoms with Gasteiger partial charge in [-0.05, 0) is 19.3 Å². The van der Waals surface area contributed by atoms with Gasteiger partial charge in [0.05, 0.1) is 13.1 Å². The average molecular weight is 450 g/mol. The molecule has 32 heavy (non-hydrogen) atoms. The van der Waals surface area contributed by atoms with Crippen LogP contribution in [-0.2, 0) is 25.7 Å². The van der Waals surface area contributed by atoms with Gasteiger partial charge in [-0.1, -0.05) is 24.5 Å². The first-order chi connectivity index (χ1) is 15.4. The van der Waals surface area contributed by atoms with Crippen LogP contribution in [-0.4, -0.2) is 90.4 Å². The smallest absolute Gasteiger partial charge is 0.327 e. The second kappa shape index (κ2) is 10.6. The molecule has 2 heterocycles. The molecule has 1 aromatic rings. The topological polar surface area (TPSA) is 191 Å². The lowest BCUT2D eigenvalue weighted by Gasteiger charge is -2.30. The minimum atomic E-state index is -1.24. The first kappa shape index (κ1) is 23.1. The molecule has 0 spiro atoms. The molecule has 0 aromatic carbocycles. The summed E-state index contributed by atoms with van der Waals surface area (Å²) in [5, 5.41) is 27.0. The maximum absolute atomic E-state index is 13.2. The van der Waals surface area contributed by atoms with Gasteiger partial charge in [0.2, 0.25) is 12.3 Å². The maximum Gasteiger partial charge on any atom is 0.327 e. The van der Waals surface area contributed by atoms with E-state index in [9.17, 15) is 24.0 Å². The number of carboxylic acid groups (broad SMARTS) is 1. The van der Waals surface area contributed by atoms with Crippen LogP contribution in [0.1, 0.15) is 50.8 Å². The number of amides is 5. The number of urea groups is 1. The van der Waals surface area contributed by atoms with Gasteiger partial charge in [-0.25, -0.2) is 9.69 Å². The summed E-state index contributed by atoms with van der Waals surface area (Å²) in [6.45, 7) is -0.0411. The van der Waals surface area contributed by atoms with Gasteiger partial charge in [0.15, 0.2) is 5.82 Å². The number of nitrogens with one attached hydrogen (secondary N) is 3. The van der Waals surface area contributed by atoms with Crippen LogP contribution in [0.15, 0.2) is 0 Å². The second-order valence-corrected chi connectivity index (χ2v) is 7.77. The molecule has 2 atom stereocenters. The molecule has 2 aliphatic rings. The van der Waals surface area contributed by atoms with Crippen molar-refractivity contribution in [3.05, 3.63) is 5.82 Å². The Morgan fingerprint density at radius 3 is 2.62 bits per heavy atom. The maximum atomic E-state index is 13.2. The lowest BCUT2D eigenvalue weighted by molar-refractivity contribution is -0.140. The molecule has 3 rings (SSSR count). The van der Waals surface area contributed by atoms with Crippen molar-refractivity contribution in [2.75, 3.05) is 6.54 Å². The minimum absolute atomic E-state index is 0.0139. The molecule has 1 aliphatic heterocycles. The molecular formula is C18H26N8O6. The van der Waals surface area contributed by atoms with Crippen LogP contribution in [0.5, 0.6) is 0 Å². The number of H-pyrrole nitrogens is 1.